The van der Waals surface area contributed by atoms with Crippen LogP contribution in [0.4, 0.5) is 0 Å². The molecule has 2 aromatic carbocycles. The second-order valence-electron chi connectivity index (χ2n) is 8.73. The lowest BCUT2D eigenvalue weighted by atomic mass is 10.0. The molecule has 1 heterocycles. The van der Waals surface area contributed by atoms with Crippen LogP contribution in [0.1, 0.15) is 43.1 Å². The summed E-state index contributed by atoms with van der Waals surface area (Å²) in [6.45, 7) is 5.90. The van der Waals surface area contributed by atoms with Crippen LogP contribution in [0.15, 0.2) is 48.5 Å². The topological polar surface area (TPSA) is 96.5 Å². The van der Waals surface area contributed by atoms with Crippen molar-refractivity contribution in [2.24, 2.45) is 5.92 Å². The highest BCUT2D eigenvalue weighted by atomic mass is 35.5. The Morgan fingerprint density at radius 3 is 2.42 bits per heavy atom. The largest absolute Gasteiger partial charge is 0.491 e. The zero-order chi connectivity index (χ0) is 24.0. The van der Waals surface area contributed by atoms with Gasteiger partial charge < -0.3 is 20.7 Å². The average molecular weight is 472 g/mol. The van der Waals surface area contributed by atoms with Gasteiger partial charge in [-0.15, -0.1) is 0 Å². The van der Waals surface area contributed by atoms with E-state index in [1.807, 2.05) is 44.2 Å². The minimum absolute atomic E-state index is 0.180. The van der Waals surface area contributed by atoms with E-state index in [0.717, 1.165) is 5.56 Å². The first kappa shape index (κ1) is 24.6. The van der Waals surface area contributed by atoms with Gasteiger partial charge in [0.25, 0.3) is 5.91 Å². The van der Waals surface area contributed by atoms with Crippen LogP contribution in [-0.4, -0.2) is 42.5 Å². The molecule has 1 aliphatic heterocycles. The second kappa shape index (κ2) is 11.2. The lowest BCUT2D eigenvalue weighted by molar-refractivity contribution is -0.130. The molecule has 0 saturated carbocycles. The summed E-state index contributed by atoms with van der Waals surface area (Å²) >= 11 is 6.15. The fourth-order valence-electron chi connectivity index (χ4n) is 3.73. The summed E-state index contributed by atoms with van der Waals surface area (Å²) in [6.07, 6.45) is 0.942. The first-order valence-electron chi connectivity index (χ1n) is 11.1. The predicted molar refractivity (Wildman–Crippen MR) is 127 cm³/mol. The standard InChI is InChI=1S/C25H30ClN3O4/c1-15(2)11-19-14-33-22-10-9-18(26)13-20(22)24(31)29-21(12-17-7-5-4-6-8-17)25(32)27-16(3)23(30)28-19/h4-10,13,15-16,19,21H,11-12,14H2,1-3H3,(H,27,32)(H,28,30)(H,29,31)/t16-,19+,21-/m0/s1. The second-order valence-corrected chi connectivity index (χ2v) is 9.17. The van der Waals surface area contributed by atoms with Crippen LogP contribution in [0, 0.1) is 5.92 Å². The maximum Gasteiger partial charge on any atom is 0.255 e. The van der Waals surface area contributed by atoms with Crippen molar-refractivity contribution < 1.29 is 19.1 Å². The van der Waals surface area contributed by atoms with Crippen molar-refractivity contribution in [1.29, 1.82) is 0 Å². The van der Waals surface area contributed by atoms with Crippen LogP contribution in [0.25, 0.3) is 0 Å². The maximum absolute atomic E-state index is 13.2. The average Bonchev–Trinajstić information content (AvgIpc) is 2.77. The Morgan fingerprint density at radius 1 is 1.00 bits per heavy atom. The van der Waals surface area contributed by atoms with Crippen LogP contribution < -0.4 is 20.7 Å². The Labute approximate surface area is 199 Å². The molecule has 0 aliphatic carbocycles. The molecule has 3 amide bonds. The molecule has 0 fully saturated rings. The Kier molecular flexibility index (Phi) is 8.33. The number of rotatable bonds is 4. The Balaban J connectivity index is 1.95. The van der Waals surface area contributed by atoms with E-state index in [9.17, 15) is 14.4 Å². The predicted octanol–water partition coefficient (Wildman–Crippen LogP) is 3.11. The van der Waals surface area contributed by atoms with E-state index in [4.69, 9.17) is 16.3 Å². The normalized spacial score (nSPS) is 22.0. The summed E-state index contributed by atoms with van der Waals surface area (Å²) in [6, 6.07) is 12.2. The zero-order valence-corrected chi connectivity index (χ0v) is 19.8. The first-order chi connectivity index (χ1) is 15.7. The van der Waals surface area contributed by atoms with Gasteiger partial charge in [0.2, 0.25) is 11.8 Å². The van der Waals surface area contributed by atoms with Crippen molar-refractivity contribution in [1.82, 2.24) is 16.0 Å². The molecule has 7 nitrogen and oxygen atoms in total. The highest BCUT2D eigenvalue weighted by Gasteiger charge is 2.28. The summed E-state index contributed by atoms with van der Waals surface area (Å²) in [5.41, 5.74) is 1.11. The Morgan fingerprint density at radius 2 is 1.73 bits per heavy atom. The van der Waals surface area contributed by atoms with E-state index in [0.29, 0.717) is 23.1 Å². The molecule has 0 radical (unpaired) electrons. The molecule has 0 saturated heterocycles. The van der Waals surface area contributed by atoms with Crippen LogP contribution in [0.2, 0.25) is 5.02 Å². The molecule has 0 unspecified atom stereocenters. The minimum atomic E-state index is -0.894. The fraction of sp³-hybridized carbons (Fsp3) is 0.400. The summed E-state index contributed by atoms with van der Waals surface area (Å²) in [5.74, 6) is -0.582. The fourth-order valence-corrected chi connectivity index (χ4v) is 3.91. The van der Waals surface area contributed by atoms with Crippen molar-refractivity contribution in [2.45, 2.75) is 51.7 Å². The number of carbonyl (C=O) groups is 3. The molecule has 1 aliphatic rings. The molecular weight excluding hydrogens is 442 g/mol. The van der Waals surface area contributed by atoms with Gasteiger partial charge in [-0.25, -0.2) is 0 Å². The summed E-state index contributed by atoms with van der Waals surface area (Å²) in [7, 11) is 0. The van der Waals surface area contributed by atoms with Gasteiger partial charge >= 0.3 is 0 Å². The van der Waals surface area contributed by atoms with Crippen LogP contribution in [0.3, 0.4) is 0 Å². The van der Waals surface area contributed by atoms with E-state index < -0.39 is 23.9 Å². The van der Waals surface area contributed by atoms with Gasteiger partial charge in [-0.1, -0.05) is 55.8 Å². The number of carbonyl (C=O) groups excluding carboxylic acids is 3. The molecule has 0 spiro atoms. The highest BCUT2D eigenvalue weighted by molar-refractivity contribution is 6.31. The van der Waals surface area contributed by atoms with Gasteiger partial charge in [0.05, 0.1) is 11.6 Å². The molecular formula is C25H30ClN3O4. The number of nitrogens with one attached hydrogen (secondary N) is 3. The minimum Gasteiger partial charge on any atom is -0.491 e. The maximum atomic E-state index is 13.2. The quantitative estimate of drug-likeness (QED) is 0.638. The lowest BCUT2D eigenvalue weighted by Gasteiger charge is -2.24. The van der Waals surface area contributed by atoms with E-state index in [1.54, 1.807) is 19.1 Å². The molecule has 3 rings (SSSR count). The van der Waals surface area contributed by atoms with Crippen LogP contribution >= 0.6 is 11.6 Å². The monoisotopic (exact) mass is 471 g/mol. The van der Waals surface area contributed by atoms with E-state index in [2.05, 4.69) is 16.0 Å². The van der Waals surface area contributed by atoms with Crippen LogP contribution in [-0.2, 0) is 16.0 Å². The van der Waals surface area contributed by atoms with Gasteiger partial charge in [-0.05, 0) is 43.0 Å². The van der Waals surface area contributed by atoms with E-state index >= 15 is 0 Å². The van der Waals surface area contributed by atoms with Gasteiger partial charge in [0.15, 0.2) is 0 Å². The van der Waals surface area contributed by atoms with Crippen LogP contribution in [0.5, 0.6) is 5.75 Å². The molecule has 3 N–H and O–H groups in total. The molecule has 176 valence electrons. The summed E-state index contributed by atoms with van der Waals surface area (Å²) in [5, 5.41) is 8.87. The van der Waals surface area contributed by atoms with E-state index in [-0.39, 0.29) is 30.5 Å². The Bertz CT molecular complexity index is 996. The number of amides is 3. The van der Waals surface area contributed by atoms with Crippen molar-refractivity contribution >= 4 is 29.3 Å². The molecule has 8 heteroatoms. The lowest BCUT2D eigenvalue weighted by Crippen LogP contribution is -2.54. The first-order valence-corrected chi connectivity index (χ1v) is 11.5. The number of hydrogen-bond donors (Lipinski definition) is 3. The summed E-state index contributed by atoms with van der Waals surface area (Å²) < 4.78 is 5.96. The number of ether oxygens (including phenoxy) is 1. The SMILES string of the molecule is CC(C)C[C@@H]1COc2ccc(Cl)cc2C(=O)N[C@@H](Cc2ccccc2)C(=O)N[C@@H](C)C(=O)N1. The number of benzene rings is 2. The van der Waals surface area contributed by atoms with Gasteiger partial charge in [-0.3, -0.25) is 14.4 Å². The smallest absolute Gasteiger partial charge is 0.255 e. The molecule has 3 atom stereocenters. The molecule has 2 aromatic rings. The molecule has 0 aromatic heterocycles. The van der Waals surface area contributed by atoms with Crippen molar-refractivity contribution in [2.75, 3.05) is 6.61 Å². The molecule has 33 heavy (non-hydrogen) atoms. The van der Waals surface area contributed by atoms with Gasteiger partial charge in [0, 0.05) is 11.4 Å². The highest BCUT2D eigenvalue weighted by Crippen LogP contribution is 2.24. The molecule has 0 bridgehead atoms. The zero-order valence-electron chi connectivity index (χ0n) is 19.1. The number of fused-ring (bicyclic) bond motifs is 1. The van der Waals surface area contributed by atoms with E-state index in [1.165, 1.54) is 6.07 Å². The summed E-state index contributed by atoms with van der Waals surface area (Å²) in [4.78, 5) is 39.1. The third-order valence-electron chi connectivity index (χ3n) is 5.39. The van der Waals surface area contributed by atoms with Crippen molar-refractivity contribution in [3.63, 3.8) is 0 Å². The van der Waals surface area contributed by atoms with Gasteiger partial charge in [0.1, 0.15) is 24.4 Å². The van der Waals surface area contributed by atoms with Crippen molar-refractivity contribution in [3.05, 3.63) is 64.7 Å². The number of halogens is 1. The third-order valence-corrected chi connectivity index (χ3v) is 5.62. The van der Waals surface area contributed by atoms with Gasteiger partial charge in [-0.2, -0.15) is 0 Å². The third kappa shape index (κ3) is 6.96. The Hall–Kier alpha value is -3.06. The number of hydrogen-bond acceptors (Lipinski definition) is 4. The van der Waals surface area contributed by atoms with Crippen molar-refractivity contribution in [3.8, 4) is 5.75 Å².